The Morgan fingerprint density at radius 2 is 2.33 bits per heavy atom. The van der Waals surface area contributed by atoms with E-state index in [0.29, 0.717) is 12.2 Å². The first-order valence-corrected chi connectivity index (χ1v) is 3.74. The maximum atomic E-state index is 12.9. The first-order chi connectivity index (χ1) is 5.74. The van der Waals surface area contributed by atoms with Gasteiger partial charge in [-0.05, 0) is 25.1 Å². The average molecular weight is 166 g/mol. The van der Waals surface area contributed by atoms with E-state index in [2.05, 4.69) is 4.98 Å². The highest BCUT2D eigenvalue weighted by molar-refractivity contribution is 5.45. The molecule has 0 aliphatic carbocycles. The van der Waals surface area contributed by atoms with Crippen LogP contribution in [0.15, 0.2) is 18.2 Å². The molecule has 1 aromatic rings. The summed E-state index contributed by atoms with van der Waals surface area (Å²) in [6.45, 7) is 2.22. The predicted molar refractivity (Wildman–Crippen MR) is 47.0 cm³/mol. The normalized spacial score (nSPS) is 10.9. The molecule has 0 aliphatic rings. The van der Waals surface area contributed by atoms with Crippen molar-refractivity contribution < 1.29 is 4.39 Å². The molecule has 0 radical (unpaired) electrons. The number of nitrogens with two attached hydrogens (primary N) is 1. The second kappa shape index (κ2) is 3.97. The summed E-state index contributed by atoms with van der Waals surface area (Å²) in [6, 6.07) is 3.04. The van der Waals surface area contributed by atoms with Gasteiger partial charge in [-0.3, -0.25) is 4.98 Å². The van der Waals surface area contributed by atoms with E-state index in [4.69, 9.17) is 5.73 Å². The van der Waals surface area contributed by atoms with Crippen molar-refractivity contribution in [1.29, 1.82) is 0 Å². The van der Waals surface area contributed by atoms with Crippen LogP contribution in [0, 0.1) is 12.7 Å². The van der Waals surface area contributed by atoms with Gasteiger partial charge in [-0.1, -0.05) is 6.08 Å². The van der Waals surface area contributed by atoms with Crippen LogP contribution in [0.25, 0.3) is 6.08 Å². The Morgan fingerprint density at radius 1 is 1.58 bits per heavy atom. The lowest BCUT2D eigenvalue weighted by atomic mass is 10.3. The van der Waals surface area contributed by atoms with Crippen LogP contribution in [0.2, 0.25) is 0 Å². The average Bonchev–Trinajstić information content (AvgIpc) is 2.07. The van der Waals surface area contributed by atoms with E-state index in [-0.39, 0.29) is 5.82 Å². The summed E-state index contributed by atoms with van der Waals surface area (Å²) in [5.41, 5.74) is 6.37. The molecule has 1 aromatic heterocycles. The third-order valence-corrected chi connectivity index (χ3v) is 1.42. The van der Waals surface area contributed by atoms with Crippen molar-refractivity contribution in [2.45, 2.75) is 6.92 Å². The SMILES string of the molecule is Cc1ccc(F)c(C=CCN)n1. The lowest BCUT2D eigenvalue weighted by Gasteiger charge is -1.96. The molecule has 2 nitrogen and oxygen atoms in total. The van der Waals surface area contributed by atoms with Crippen LogP contribution >= 0.6 is 0 Å². The minimum Gasteiger partial charge on any atom is -0.327 e. The number of halogens is 1. The molecule has 3 heteroatoms. The quantitative estimate of drug-likeness (QED) is 0.723. The number of nitrogens with zero attached hydrogens (tertiary/aromatic N) is 1. The number of aromatic nitrogens is 1. The molecule has 64 valence electrons. The molecule has 0 unspecified atom stereocenters. The van der Waals surface area contributed by atoms with Gasteiger partial charge in [-0.2, -0.15) is 0 Å². The first-order valence-electron chi connectivity index (χ1n) is 3.74. The van der Waals surface area contributed by atoms with Crippen LogP contribution in [-0.2, 0) is 0 Å². The molecule has 0 saturated carbocycles. The van der Waals surface area contributed by atoms with Crippen LogP contribution in [-0.4, -0.2) is 11.5 Å². The van der Waals surface area contributed by atoms with Crippen molar-refractivity contribution in [1.82, 2.24) is 4.98 Å². The zero-order chi connectivity index (χ0) is 8.97. The minimum atomic E-state index is -0.315. The van der Waals surface area contributed by atoms with Gasteiger partial charge in [0.25, 0.3) is 0 Å². The Morgan fingerprint density at radius 3 is 3.00 bits per heavy atom. The maximum Gasteiger partial charge on any atom is 0.148 e. The summed E-state index contributed by atoms with van der Waals surface area (Å²) >= 11 is 0. The number of aryl methyl sites for hydroxylation is 1. The molecule has 2 N–H and O–H groups in total. The van der Waals surface area contributed by atoms with Crippen LogP contribution in [0.4, 0.5) is 4.39 Å². The van der Waals surface area contributed by atoms with Gasteiger partial charge in [0.05, 0.1) is 5.69 Å². The lowest BCUT2D eigenvalue weighted by molar-refractivity contribution is 0.616. The molecular formula is C9H11FN2. The maximum absolute atomic E-state index is 12.9. The molecule has 0 saturated heterocycles. The second-order valence-electron chi connectivity index (χ2n) is 2.46. The highest BCUT2D eigenvalue weighted by atomic mass is 19.1. The molecule has 1 rings (SSSR count). The summed E-state index contributed by atoms with van der Waals surface area (Å²) in [5.74, 6) is -0.315. The Bertz CT molecular complexity index is 295. The first kappa shape index (κ1) is 8.87. The highest BCUT2D eigenvalue weighted by Crippen LogP contribution is 2.06. The van der Waals surface area contributed by atoms with E-state index in [1.54, 1.807) is 18.2 Å². The van der Waals surface area contributed by atoms with Gasteiger partial charge in [0.2, 0.25) is 0 Å². The van der Waals surface area contributed by atoms with E-state index in [1.807, 2.05) is 6.92 Å². The molecule has 1 heterocycles. The monoisotopic (exact) mass is 166 g/mol. The third kappa shape index (κ3) is 2.13. The summed E-state index contributed by atoms with van der Waals surface area (Å²) < 4.78 is 12.9. The Labute approximate surface area is 70.9 Å². The van der Waals surface area contributed by atoms with Crippen LogP contribution in [0.1, 0.15) is 11.4 Å². The molecule has 0 fully saturated rings. The van der Waals surface area contributed by atoms with Crippen LogP contribution in [0.3, 0.4) is 0 Å². The number of hydrogen-bond acceptors (Lipinski definition) is 2. The van der Waals surface area contributed by atoms with Crippen molar-refractivity contribution >= 4 is 6.08 Å². The molecular weight excluding hydrogens is 155 g/mol. The second-order valence-corrected chi connectivity index (χ2v) is 2.46. The predicted octanol–water partition coefficient (Wildman–Crippen LogP) is 1.50. The Balaban J connectivity index is 2.97. The van der Waals surface area contributed by atoms with E-state index in [9.17, 15) is 4.39 Å². The van der Waals surface area contributed by atoms with Gasteiger partial charge in [-0.25, -0.2) is 4.39 Å². The zero-order valence-electron chi connectivity index (χ0n) is 6.92. The molecule has 0 bridgehead atoms. The fraction of sp³-hybridized carbons (Fsp3) is 0.222. The van der Waals surface area contributed by atoms with Crippen molar-refractivity contribution in [2.24, 2.45) is 5.73 Å². The standard InChI is InChI=1S/C9H11FN2/c1-7-4-5-8(10)9(12-7)3-2-6-11/h2-5H,6,11H2,1H3. The van der Waals surface area contributed by atoms with Crippen LogP contribution < -0.4 is 5.73 Å². The van der Waals surface area contributed by atoms with Crippen molar-refractivity contribution in [3.63, 3.8) is 0 Å². The minimum absolute atomic E-state index is 0.315. The van der Waals surface area contributed by atoms with E-state index < -0.39 is 0 Å². The number of pyridine rings is 1. The van der Waals surface area contributed by atoms with Crippen molar-refractivity contribution in [2.75, 3.05) is 6.54 Å². The topological polar surface area (TPSA) is 38.9 Å². The van der Waals surface area contributed by atoms with E-state index >= 15 is 0 Å². The molecule has 0 atom stereocenters. The molecule has 0 aliphatic heterocycles. The Hall–Kier alpha value is -1.22. The molecule has 12 heavy (non-hydrogen) atoms. The number of rotatable bonds is 2. The van der Waals surface area contributed by atoms with E-state index in [0.717, 1.165) is 5.69 Å². The van der Waals surface area contributed by atoms with Gasteiger partial charge in [0, 0.05) is 12.2 Å². The van der Waals surface area contributed by atoms with Crippen LogP contribution in [0.5, 0.6) is 0 Å². The molecule has 0 amide bonds. The molecule has 0 aromatic carbocycles. The fourth-order valence-corrected chi connectivity index (χ4v) is 0.856. The van der Waals surface area contributed by atoms with Gasteiger partial charge in [0.15, 0.2) is 0 Å². The van der Waals surface area contributed by atoms with Gasteiger partial charge < -0.3 is 5.73 Å². The van der Waals surface area contributed by atoms with Crippen molar-refractivity contribution in [3.05, 3.63) is 35.4 Å². The third-order valence-electron chi connectivity index (χ3n) is 1.42. The highest BCUT2D eigenvalue weighted by Gasteiger charge is 1.98. The summed E-state index contributed by atoms with van der Waals surface area (Å²) in [5, 5.41) is 0. The van der Waals surface area contributed by atoms with Gasteiger partial charge >= 0.3 is 0 Å². The zero-order valence-corrected chi connectivity index (χ0v) is 6.92. The largest absolute Gasteiger partial charge is 0.327 e. The molecule has 0 spiro atoms. The summed E-state index contributed by atoms with van der Waals surface area (Å²) in [6.07, 6.45) is 3.26. The number of hydrogen-bond donors (Lipinski definition) is 1. The summed E-state index contributed by atoms with van der Waals surface area (Å²) in [4.78, 5) is 3.99. The smallest absolute Gasteiger partial charge is 0.148 e. The fourth-order valence-electron chi connectivity index (χ4n) is 0.856. The lowest BCUT2D eigenvalue weighted by Crippen LogP contribution is -1.94. The van der Waals surface area contributed by atoms with Gasteiger partial charge in [-0.15, -0.1) is 0 Å². The van der Waals surface area contributed by atoms with E-state index in [1.165, 1.54) is 6.07 Å². The van der Waals surface area contributed by atoms with Crippen molar-refractivity contribution in [3.8, 4) is 0 Å². The van der Waals surface area contributed by atoms with Gasteiger partial charge in [0.1, 0.15) is 5.82 Å². The Kier molecular flexibility index (Phi) is 2.94. The summed E-state index contributed by atoms with van der Waals surface area (Å²) in [7, 11) is 0.